The number of aliphatic hydroxyl groups excluding tert-OH is 1. The number of hydrogen-bond donors (Lipinski definition) is 3. The summed E-state index contributed by atoms with van der Waals surface area (Å²) in [4.78, 5) is 12.0. The molecular weight excluding hydrogens is 256 g/mol. The second-order valence-electron chi connectivity index (χ2n) is 5.14. The molecule has 5 nitrogen and oxygen atoms in total. The molecule has 0 saturated carbocycles. The van der Waals surface area contributed by atoms with Crippen molar-refractivity contribution in [2.45, 2.75) is 33.2 Å². The Labute approximate surface area is 120 Å². The Morgan fingerprint density at radius 2 is 2.10 bits per heavy atom. The van der Waals surface area contributed by atoms with Crippen LogP contribution in [0, 0.1) is 12.8 Å². The lowest BCUT2D eigenvalue weighted by Crippen LogP contribution is -2.41. The molecule has 0 aliphatic heterocycles. The summed E-state index contributed by atoms with van der Waals surface area (Å²) in [5.41, 5.74) is 1.68. The van der Waals surface area contributed by atoms with E-state index >= 15 is 0 Å². The SMILES string of the molecule is COc1ccc(NC(=O)NC(CCO)C(C)C)c(C)c1. The van der Waals surface area contributed by atoms with E-state index in [1.807, 2.05) is 32.9 Å². The number of anilines is 1. The summed E-state index contributed by atoms with van der Waals surface area (Å²) in [6.07, 6.45) is 0.548. The molecule has 1 unspecified atom stereocenters. The maximum absolute atomic E-state index is 12.0. The van der Waals surface area contributed by atoms with Crippen LogP contribution in [0.5, 0.6) is 5.75 Å². The predicted molar refractivity (Wildman–Crippen MR) is 80.2 cm³/mol. The normalized spacial score (nSPS) is 12.1. The molecule has 0 aliphatic rings. The molecule has 0 radical (unpaired) electrons. The zero-order chi connectivity index (χ0) is 15.1. The number of carbonyl (C=O) groups excluding carboxylic acids is 1. The van der Waals surface area contributed by atoms with E-state index in [1.165, 1.54) is 0 Å². The minimum absolute atomic E-state index is 0.0430. The van der Waals surface area contributed by atoms with Crippen molar-refractivity contribution in [3.63, 3.8) is 0 Å². The van der Waals surface area contributed by atoms with Gasteiger partial charge in [0, 0.05) is 18.3 Å². The minimum atomic E-state index is -0.259. The third-order valence-electron chi connectivity index (χ3n) is 3.24. The van der Waals surface area contributed by atoms with Gasteiger partial charge in [-0.3, -0.25) is 0 Å². The molecule has 1 aromatic carbocycles. The predicted octanol–water partition coefficient (Wildman–Crippen LogP) is 2.53. The molecule has 0 aliphatic carbocycles. The highest BCUT2D eigenvalue weighted by atomic mass is 16.5. The van der Waals surface area contributed by atoms with Gasteiger partial charge in [-0.05, 0) is 43.0 Å². The van der Waals surface area contributed by atoms with Gasteiger partial charge in [-0.2, -0.15) is 0 Å². The van der Waals surface area contributed by atoms with E-state index in [-0.39, 0.29) is 24.6 Å². The Bertz CT molecular complexity index is 447. The molecule has 0 heterocycles. The minimum Gasteiger partial charge on any atom is -0.497 e. The standard InChI is InChI=1S/C15H24N2O3/c1-10(2)13(7-8-18)16-15(19)17-14-6-5-12(20-4)9-11(14)3/h5-6,9-10,13,18H,7-8H2,1-4H3,(H2,16,17,19). The van der Waals surface area contributed by atoms with Crippen LogP contribution in [0.4, 0.5) is 10.5 Å². The number of methoxy groups -OCH3 is 1. The lowest BCUT2D eigenvalue weighted by Gasteiger charge is -2.22. The van der Waals surface area contributed by atoms with E-state index in [0.29, 0.717) is 6.42 Å². The smallest absolute Gasteiger partial charge is 0.319 e. The number of carbonyl (C=O) groups is 1. The van der Waals surface area contributed by atoms with Gasteiger partial charge in [-0.15, -0.1) is 0 Å². The van der Waals surface area contributed by atoms with Crippen LogP contribution in [0.3, 0.4) is 0 Å². The monoisotopic (exact) mass is 280 g/mol. The fraction of sp³-hybridized carbons (Fsp3) is 0.533. The van der Waals surface area contributed by atoms with E-state index in [1.54, 1.807) is 13.2 Å². The van der Waals surface area contributed by atoms with Crippen LogP contribution in [-0.4, -0.2) is 30.9 Å². The summed E-state index contributed by atoms with van der Waals surface area (Å²) >= 11 is 0. The largest absolute Gasteiger partial charge is 0.497 e. The highest BCUT2D eigenvalue weighted by molar-refractivity contribution is 5.90. The van der Waals surface area contributed by atoms with Gasteiger partial charge in [-0.25, -0.2) is 4.79 Å². The zero-order valence-corrected chi connectivity index (χ0v) is 12.6. The van der Waals surface area contributed by atoms with Crippen LogP contribution >= 0.6 is 0 Å². The summed E-state index contributed by atoms with van der Waals surface area (Å²) in [6.45, 7) is 5.99. The first-order chi connectivity index (χ1) is 9.47. The molecule has 0 fully saturated rings. The number of ether oxygens (including phenoxy) is 1. The Balaban J connectivity index is 2.66. The quantitative estimate of drug-likeness (QED) is 0.750. The number of urea groups is 1. The van der Waals surface area contributed by atoms with E-state index in [2.05, 4.69) is 10.6 Å². The number of hydrogen-bond acceptors (Lipinski definition) is 3. The van der Waals surface area contributed by atoms with Gasteiger partial charge in [0.05, 0.1) is 7.11 Å². The first kappa shape index (κ1) is 16.3. The first-order valence-corrected chi connectivity index (χ1v) is 6.81. The number of benzene rings is 1. The summed E-state index contributed by atoms with van der Waals surface area (Å²) in [5.74, 6) is 1.03. The molecular formula is C15H24N2O3. The van der Waals surface area contributed by atoms with Crippen molar-refractivity contribution in [1.82, 2.24) is 5.32 Å². The first-order valence-electron chi connectivity index (χ1n) is 6.81. The van der Waals surface area contributed by atoms with Crippen molar-refractivity contribution in [1.29, 1.82) is 0 Å². The van der Waals surface area contributed by atoms with Crippen molar-refractivity contribution < 1.29 is 14.6 Å². The van der Waals surface area contributed by atoms with E-state index in [4.69, 9.17) is 9.84 Å². The molecule has 1 rings (SSSR count). The molecule has 20 heavy (non-hydrogen) atoms. The molecule has 0 saturated heterocycles. The second kappa shape index (κ2) is 7.75. The number of nitrogens with one attached hydrogen (secondary N) is 2. The van der Waals surface area contributed by atoms with Gasteiger partial charge in [0.25, 0.3) is 0 Å². The van der Waals surface area contributed by atoms with Crippen LogP contribution < -0.4 is 15.4 Å². The van der Waals surface area contributed by atoms with Gasteiger partial charge in [0.1, 0.15) is 5.75 Å². The molecule has 5 heteroatoms. The average molecular weight is 280 g/mol. The van der Waals surface area contributed by atoms with Crippen LogP contribution in [0.2, 0.25) is 0 Å². The van der Waals surface area contributed by atoms with Crippen molar-refractivity contribution >= 4 is 11.7 Å². The van der Waals surface area contributed by atoms with Crippen molar-refractivity contribution in [3.8, 4) is 5.75 Å². The van der Waals surface area contributed by atoms with Gasteiger partial charge in [0.15, 0.2) is 0 Å². The molecule has 1 atom stereocenters. The number of aliphatic hydroxyl groups is 1. The Kier molecular flexibility index (Phi) is 6.31. The molecule has 0 bridgehead atoms. The Morgan fingerprint density at radius 3 is 2.60 bits per heavy atom. The summed E-state index contributed by atoms with van der Waals surface area (Å²) < 4.78 is 5.13. The molecule has 0 aromatic heterocycles. The molecule has 1 aromatic rings. The van der Waals surface area contributed by atoms with Crippen molar-refractivity contribution in [2.24, 2.45) is 5.92 Å². The highest BCUT2D eigenvalue weighted by Crippen LogP contribution is 2.21. The van der Waals surface area contributed by atoms with Crippen molar-refractivity contribution in [2.75, 3.05) is 19.0 Å². The van der Waals surface area contributed by atoms with E-state index in [0.717, 1.165) is 17.0 Å². The van der Waals surface area contributed by atoms with Gasteiger partial charge < -0.3 is 20.5 Å². The summed E-state index contributed by atoms with van der Waals surface area (Å²) in [6, 6.07) is 5.17. The van der Waals surface area contributed by atoms with Crippen LogP contribution in [-0.2, 0) is 0 Å². The van der Waals surface area contributed by atoms with E-state index < -0.39 is 0 Å². The van der Waals surface area contributed by atoms with Crippen molar-refractivity contribution in [3.05, 3.63) is 23.8 Å². The van der Waals surface area contributed by atoms with Gasteiger partial charge in [0.2, 0.25) is 0 Å². The second-order valence-corrected chi connectivity index (χ2v) is 5.14. The van der Waals surface area contributed by atoms with Crippen LogP contribution in [0.25, 0.3) is 0 Å². The van der Waals surface area contributed by atoms with Gasteiger partial charge >= 0.3 is 6.03 Å². The topological polar surface area (TPSA) is 70.6 Å². The number of amides is 2. The molecule has 0 spiro atoms. The van der Waals surface area contributed by atoms with Crippen LogP contribution in [0.1, 0.15) is 25.8 Å². The third kappa shape index (κ3) is 4.74. The number of aryl methyl sites for hydroxylation is 1. The highest BCUT2D eigenvalue weighted by Gasteiger charge is 2.16. The fourth-order valence-corrected chi connectivity index (χ4v) is 1.94. The molecule has 112 valence electrons. The maximum Gasteiger partial charge on any atom is 0.319 e. The third-order valence-corrected chi connectivity index (χ3v) is 3.24. The van der Waals surface area contributed by atoms with Crippen LogP contribution in [0.15, 0.2) is 18.2 Å². The lowest BCUT2D eigenvalue weighted by molar-refractivity contribution is 0.227. The summed E-state index contributed by atoms with van der Waals surface area (Å²) in [7, 11) is 1.61. The Hall–Kier alpha value is -1.75. The fourth-order valence-electron chi connectivity index (χ4n) is 1.94. The van der Waals surface area contributed by atoms with E-state index in [9.17, 15) is 4.79 Å². The molecule has 2 amide bonds. The maximum atomic E-state index is 12.0. The van der Waals surface area contributed by atoms with Gasteiger partial charge in [-0.1, -0.05) is 13.8 Å². The Morgan fingerprint density at radius 1 is 1.40 bits per heavy atom. The average Bonchev–Trinajstić information content (AvgIpc) is 2.40. The summed E-state index contributed by atoms with van der Waals surface area (Å²) in [5, 5.41) is 14.7. The number of rotatable bonds is 6. The lowest BCUT2D eigenvalue weighted by atomic mass is 10.0. The molecule has 3 N–H and O–H groups in total. The zero-order valence-electron chi connectivity index (χ0n) is 12.6.